The highest BCUT2D eigenvalue weighted by Gasteiger charge is 2.26. The molecule has 0 spiro atoms. The van der Waals surface area contributed by atoms with E-state index in [1.807, 2.05) is 12.1 Å². The molecule has 33 heavy (non-hydrogen) atoms. The van der Waals surface area contributed by atoms with E-state index in [1.165, 1.54) is 12.3 Å². The maximum atomic E-state index is 13.2. The highest BCUT2D eigenvalue weighted by Crippen LogP contribution is 2.32. The van der Waals surface area contributed by atoms with Crippen LogP contribution in [0.2, 0.25) is 0 Å². The number of nitrogens with one attached hydrogen (secondary N) is 2. The number of hydrogen-bond donors (Lipinski definition) is 2. The molecule has 1 fully saturated rings. The van der Waals surface area contributed by atoms with Crippen molar-refractivity contribution in [2.45, 2.75) is 39.3 Å². The van der Waals surface area contributed by atoms with Crippen molar-refractivity contribution in [1.29, 1.82) is 0 Å². The average molecular weight is 450 g/mol. The number of hydrogen-bond acceptors (Lipinski definition) is 6. The van der Waals surface area contributed by atoms with Crippen LogP contribution in [0.3, 0.4) is 0 Å². The zero-order valence-corrected chi connectivity index (χ0v) is 18.9. The standard InChI is InChI=1S/C25H28FN5O2/c1-15-13-31(22-6-5-18(26)12-28-22)9-8-30(15)14-17-10-20(16(2)32)23-21(11-17)29-25(33)19-4-3-7-27-24(19)23/h5-6,10-12,15,27H,3-4,7-9,13-14H2,1-2H3,(H,29,33). The first-order chi connectivity index (χ1) is 15.9. The minimum atomic E-state index is -0.336. The lowest BCUT2D eigenvalue weighted by Crippen LogP contribution is -2.51. The van der Waals surface area contributed by atoms with Crippen LogP contribution in [0, 0.1) is 5.82 Å². The summed E-state index contributed by atoms with van der Waals surface area (Å²) in [5.74, 6) is 0.434. The van der Waals surface area contributed by atoms with Crippen molar-refractivity contribution in [3.05, 3.63) is 63.3 Å². The quantitative estimate of drug-likeness (QED) is 0.595. The number of piperazine rings is 1. The Morgan fingerprint density at radius 1 is 1.27 bits per heavy atom. The van der Waals surface area contributed by atoms with Crippen molar-refractivity contribution in [1.82, 2.24) is 14.9 Å². The zero-order valence-electron chi connectivity index (χ0n) is 18.9. The van der Waals surface area contributed by atoms with Gasteiger partial charge in [-0.25, -0.2) is 9.37 Å². The van der Waals surface area contributed by atoms with Crippen LogP contribution >= 0.6 is 0 Å². The lowest BCUT2D eigenvalue weighted by Gasteiger charge is -2.40. The van der Waals surface area contributed by atoms with E-state index in [0.717, 1.165) is 67.0 Å². The number of fused-ring (bicyclic) bond motifs is 3. The number of halogens is 1. The summed E-state index contributed by atoms with van der Waals surface area (Å²) < 4.78 is 13.2. The molecule has 1 atom stereocenters. The molecule has 0 radical (unpaired) electrons. The van der Waals surface area contributed by atoms with Crippen molar-refractivity contribution in [2.75, 3.05) is 36.4 Å². The van der Waals surface area contributed by atoms with Gasteiger partial charge in [-0.15, -0.1) is 0 Å². The fourth-order valence-electron chi connectivity index (χ4n) is 5.04. The van der Waals surface area contributed by atoms with Gasteiger partial charge in [0, 0.05) is 55.3 Å². The number of carbonyl (C=O) groups excluding carboxylic acids is 1. The fraction of sp³-hybridized carbons (Fsp3) is 0.400. The molecule has 1 saturated heterocycles. The summed E-state index contributed by atoms with van der Waals surface area (Å²) in [6, 6.07) is 7.36. The Morgan fingerprint density at radius 2 is 2.12 bits per heavy atom. The summed E-state index contributed by atoms with van der Waals surface area (Å²) in [6.45, 7) is 7.59. The van der Waals surface area contributed by atoms with E-state index in [2.05, 4.69) is 32.0 Å². The van der Waals surface area contributed by atoms with Gasteiger partial charge in [0.15, 0.2) is 5.78 Å². The second kappa shape index (κ2) is 8.59. The van der Waals surface area contributed by atoms with Crippen molar-refractivity contribution >= 4 is 28.2 Å². The van der Waals surface area contributed by atoms with E-state index < -0.39 is 0 Å². The van der Waals surface area contributed by atoms with Crippen LogP contribution in [0.15, 0.2) is 35.3 Å². The molecule has 2 aliphatic rings. The second-order valence-electron chi connectivity index (χ2n) is 9.06. The number of benzene rings is 1. The Balaban J connectivity index is 1.43. The smallest absolute Gasteiger partial charge is 0.253 e. The zero-order chi connectivity index (χ0) is 23.1. The third kappa shape index (κ3) is 4.11. The number of rotatable bonds is 4. The van der Waals surface area contributed by atoms with Crippen LogP contribution < -0.4 is 15.8 Å². The second-order valence-corrected chi connectivity index (χ2v) is 9.06. The monoisotopic (exact) mass is 449 g/mol. The molecule has 0 saturated carbocycles. The van der Waals surface area contributed by atoms with E-state index >= 15 is 0 Å². The van der Waals surface area contributed by atoms with Crippen molar-refractivity contribution in [3.63, 3.8) is 0 Å². The molecule has 8 heteroatoms. The van der Waals surface area contributed by atoms with Gasteiger partial charge in [0.05, 0.1) is 17.4 Å². The number of Topliss-reactive ketones (excluding diaryl/α,β-unsaturated/α-hetero) is 1. The largest absolute Gasteiger partial charge is 0.384 e. The number of pyridine rings is 2. The molecule has 7 nitrogen and oxygen atoms in total. The van der Waals surface area contributed by atoms with E-state index in [0.29, 0.717) is 17.6 Å². The molecule has 2 N–H and O–H groups in total. The number of ketones is 1. The molecule has 2 aromatic heterocycles. The van der Waals surface area contributed by atoms with Gasteiger partial charge in [0.25, 0.3) is 5.56 Å². The molecule has 0 bridgehead atoms. The van der Waals surface area contributed by atoms with Crippen LogP contribution in [0.4, 0.5) is 15.9 Å². The average Bonchev–Trinajstić information content (AvgIpc) is 2.80. The Labute approximate surface area is 191 Å². The van der Waals surface area contributed by atoms with Crippen molar-refractivity contribution < 1.29 is 9.18 Å². The van der Waals surface area contributed by atoms with Gasteiger partial charge in [0.2, 0.25) is 0 Å². The van der Waals surface area contributed by atoms with Gasteiger partial charge in [-0.05, 0) is 56.5 Å². The van der Waals surface area contributed by atoms with Gasteiger partial charge in [-0.2, -0.15) is 0 Å². The Hall–Kier alpha value is -3.26. The maximum absolute atomic E-state index is 13.2. The molecule has 2 aliphatic heterocycles. The van der Waals surface area contributed by atoms with Gasteiger partial charge in [-0.3, -0.25) is 14.5 Å². The van der Waals surface area contributed by atoms with E-state index in [1.54, 1.807) is 13.0 Å². The number of anilines is 2. The molecular formula is C25H28FN5O2. The summed E-state index contributed by atoms with van der Waals surface area (Å²) in [4.78, 5) is 37.0. The number of aromatic amines is 1. The molecule has 0 amide bonds. The first-order valence-electron chi connectivity index (χ1n) is 11.5. The summed E-state index contributed by atoms with van der Waals surface area (Å²) in [6.07, 6.45) is 2.88. The third-order valence-electron chi connectivity index (χ3n) is 6.74. The molecule has 1 unspecified atom stereocenters. The Morgan fingerprint density at radius 3 is 2.85 bits per heavy atom. The summed E-state index contributed by atoms with van der Waals surface area (Å²) in [5, 5.41) is 4.18. The Kier molecular flexibility index (Phi) is 5.62. The van der Waals surface area contributed by atoms with E-state index in [9.17, 15) is 14.0 Å². The highest BCUT2D eigenvalue weighted by atomic mass is 19.1. The number of H-pyrrole nitrogens is 1. The van der Waals surface area contributed by atoms with Crippen LogP contribution in [0.5, 0.6) is 0 Å². The predicted molar refractivity (Wildman–Crippen MR) is 128 cm³/mol. The summed E-state index contributed by atoms with van der Waals surface area (Å²) >= 11 is 0. The third-order valence-corrected chi connectivity index (χ3v) is 6.74. The van der Waals surface area contributed by atoms with Crippen LogP contribution in [-0.4, -0.2) is 52.9 Å². The molecule has 1 aromatic carbocycles. The van der Waals surface area contributed by atoms with Gasteiger partial charge >= 0.3 is 0 Å². The van der Waals surface area contributed by atoms with Crippen LogP contribution in [0.1, 0.15) is 41.8 Å². The lowest BCUT2D eigenvalue weighted by molar-refractivity contribution is 0.101. The maximum Gasteiger partial charge on any atom is 0.253 e. The van der Waals surface area contributed by atoms with Gasteiger partial charge in [-0.1, -0.05) is 0 Å². The summed E-state index contributed by atoms with van der Waals surface area (Å²) in [5.41, 5.74) is 3.82. The summed E-state index contributed by atoms with van der Waals surface area (Å²) in [7, 11) is 0. The van der Waals surface area contributed by atoms with Crippen molar-refractivity contribution in [3.8, 4) is 0 Å². The van der Waals surface area contributed by atoms with Crippen molar-refractivity contribution in [2.24, 2.45) is 0 Å². The van der Waals surface area contributed by atoms with Gasteiger partial charge < -0.3 is 15.2 Å². The first-order valence-corrected chi connectivity index (χ1v) is 11.5. The number of nitrogens with zero attached hydrogens (tertiary/aromatic N) is 3. The first kappa shape index (κ1) is 21.6. The van der Waals surface area contributed by atoms with Crippen LogP contribution in [0.25, 0.3) is 10.9 Å². The topological polar surface area (TPSA) is 81.3 Å². The Bertz CT molecular complexity index is 1270. The minimum absolute atomic E-state index is 0.0104. The van der Waals surface area contributed by atoms with Crippen LogP contribution in [-0.2, 0) is 13.0 Å². The van der Waals surface area contributed by atoms with Gasteiger partial charge in [0.1, 0.15) is 11.6 Å². The SMILES string of the molecule is CC(=O)c1cc(CN2CCN(c3ccc(F)cn3)CC2C)cc2[nH]c(=O)c3c(c12)NCCC3. The normalized spacial score (nSPS) is 18.8. The molecule has 4 heterocycles. The molecule has 172 valence electrons. The number of carbonyl (C=O) groups is 1. The number of aromatic nitrogens is 2. The molecule has 0 aliphatic carbocycles. The lowest BCUT2D eigenvalue weighted by atomic mass is 9.95. The minimum Gasteiger partial charge on any atom is -0.384 e. The molecule has 3 aromatic rings. The molecular weight excluding hydrogens is 421 g/mol. The van der Waals surface area contributed by atoms with E-state index in [4.69, 9.17) is 0 Å². The van der Waals surface area contributed by atoms with E-state index in [-0.39, 0.29) is 23.2 Å². The highest BCUT2D eigenvalue weighted by molar-refractivity contribution is 6.11. The fourth-order valence-corrected chi connectivity index (χ4v) is 5.04. The predicted octanol–water partition coefficient (Wildman–Crippen LogP) is 3.33. The molecule has 5 rings (SSSR count).